The first kappa shape index (κ1) is 14.5. The van der Waals surface area contributed by atoms with Crippen LogP contribution in [0.5, 0.6) is 0 Å². The number of benzene rings is 4. The fourth-order valence-corrected chi connectivity index (χ4v) is 4.13. The van der Waals surface area contributed by atoms with Gasteiger partial charge in [0.05, 0.1) is 0 Å². The quantitative estimate of drug-likeness (QED) is 0.370. The van der Waals surface area contributed by atoms with Crippen molar-refractivity contribution >= 4 is 32.7 Å². The smallest absolute Gasteiger partial charge is 0.0178 e. The van der Waals surface area contributed by atoms with Gasteiger partial charge in [0.2, 0.25) is 0 Å². The zero-order valence-electron chi connectivity index (χ0n) is 14.2. The molecule has 0 saturated heterocycles. The number of fused-ring (bicyclic) bond motifs is 2. The van der Waals surface area contributed by atoms with Crippen molar-refractivity contribution in [1.29, 1.82) is 0 Å². The maximum atomic E-state index is 2.36. The van der Waals surface area contributed by atoms with Gasteiger partial charge >= 0.3 is 0 Å². The van der Waals surface area contributed by atoms with Gasteiger partial charge in [-0.05, 0) is 75.2 Å². The molecular formula is C25H20. The molecule has 0 unspecified atom stereocenters. The Morgan fingerprint density at radius 1 is 0.440 bits per heavy atom. The van der Waals surface area contributed by atoms with Crippen LogP contribution in [-0.4, -0.2) is 0 Å². The highest BCUT2D eigenvalue weighted by atomic mass is 14.2. The lowest BCUT2D eigenvalue weighted by Crippen LogP contribution is -1.87. The van der Waals surface area contributed by atoms with Crippen molar-refractivity contribution in [3.63, 3.8) is 0 Å². The Labute approximate surface area is 148 Å². The van der Waals surface area contributed by atoms with Crippen LogP contribution in [0, 0.1) is 0 Å². The lowest BCUT2D eigenvalue weighted by Gasteiger charge is -2.11. The molecule has 0 nitrogen and oxygen atoms in total. The highest BCUT2D eigenvalue weighted by molar-refractivity contribution is 5.98. The third-order valence-corrected chi connectivity index (χ3v) is 5.41. The largest absolute Gasteiger partial charge is 0.0616 e. The zero-order chi connectivity index (χ0) is 16.6. The number of rotatable bonds is 2. The monoisotopic (exact) mass is 320 g/mol. The normalized spacial score (nSPS) is 14.6. The van der Waals surface area contributed by atoms with Crippen LogP contribution in [0.15, 0.2) is 84.9 Å². The van der Waals surface area contributed by atoms with Gasteiger partial charge in [-0.25, -0.2) is 0 Å². The van der Waals surface area contributed by atoms with E-state index in [9.17, 15) is 0 Å². The summed E-state index contributed by atoms with van der Waals surface area (Å²) in [5, 5.41) is 5.30. The molecule has 0 radical (unpaired) electrons. The van der Waals surface area contributed by atoms with Crippen LogP contribution in [0.4, 0.5) is 0 Å². The van der Waals surface area contributed by atoms with Crippen LogP contribution in [-0.2, 0) is 0 Å². The van der Waals surface area contributed by atoms with Gasteiger partial charge in [0, 0.05) is 0 Å². The van der Waals surface area contributed by atoms with Gasteiger partial charge in [0.25, 0.3) is 0 Å². The average molecular weight is 320 g/mol. The van der Waals surface area contributed by atoms with Crippen molar-refractivity contribution in [2.45, 2.75) is 19.3 Å². The van der Waals surface area contributed by atoms with E-state index in [4.69, 9.17) is 0 Å². The molecule has 0 aromatic heterocycles. The third-order valence-electron chi connectivity index (χ3n) is 5.41. The highest BCUT2D eigenvalue weighted by Gasteiger charge is 2.18. The second-order valence-corrected chi connectivity index (χ2v) is 6.93. The summed E-state index contributed by atoms with van der Waals surface area (Å²) in [5.41, 5.74) is 5.83. The predicted octanol–water partition coefficient (Wildman–Crippen LogP) is 7.09. The van der Waals surface area contributed by atoms with Gasteiger partial charge in [-0.3, -0.25) is 0 Å². The van der Waals surface area contributed by atoms with E-state index in [2.05, 4.69) is 84.9 Å². The summed E-state index contributed by atoms with van der Waals surface area (Å²) < 4.78 is 0. The van der Waals surface area contributed by atoms with Crippen molar-refractivity contribution in [3.8, 4) is 0 Å². The van der Waals surface area contributed by atoms with Crippen LogP contribution in [0.25, 0.3) is 32.7 Å². The van der Waals surface area contributed by atoms with Crippen molar-refractivity contribution in [2.24, 2.45) is 0 Å². The molecule has 0 aliphatic heterocycles. The van der Waals surface area contributed by atoms with E-state index in [0.717, 1.165) is 0 Å². The Bertz CT molecular complexity index is 1030. The molecule has 0 heteroatoms. The second kappa shape index (κ2) is 5.89. The fraction of sp³-hybridized carbons (Fsp3) is 0.120. The molecule has 0 amide bonds. The Morgan fingerprint density at radius 2 is 0.880 bits per heavy atom. The van der Waals surface area contributed by atoms with Crippen molar-refractivity contribution in [2.75, 3.05) is 0 Å². The minimum absolute atomic E-state index is 1.18. The van der Waals surface area contributed by atoms with Crippen molar-refractivity contribution in [1.82, 2.24) is 0 Å². The van der Waals surface area contributed by atoms with Gasteiger partial charge in [0.15, 0.2) is 0 Å². The van der Waals surface area contributed by atoms with E-state index in [0.29, 0.717) is 0 Å². The maximum Gasteiger partial charge on any atom is -0.0178 e. The highest BCUT2D eigenvalue weighted by Crippen LogP contribution is 2.41. The van der Waals surface area contributed by atoms with Crippen molar-refractivity contribution < 1.29 is 0 Å². The van der Waals surface area contributed by atoms with Gasteiger partial charge in [-0.15, -0.1) is 0 Å². The summed E-state index contributed by atoms with van der Waals surface area (Å²) in [6.45, 7) is 0. The predicted molar refractivity (Wildman–Crippen MR) is 109 cm³/mol. The van der Waals surface area contributed by atoms with Crippen LogP contribution in [0.3, 0.4) is 0 Å². The Kier molecular flexibility index (Phi) is 3.41. The van der Waals surface area contributed by atoms with Crippen LogP contribution in [0.1, 0.15) is 30.4 Å². The molecule has 4 aromatic carbocycles. The topological polar surface area (TPSA) is 0 Å². The molecule has 0 heterocycles. The lowest BCUT2D eigenvalue weighted by atomic mass is 9.94. The number of hydrogen-bond acceptors (Lipinski definition) is 0. The molecule has 1 aliphatic carbocycles. The summed E-state index contributed by atoms with van der Waals surface area (Å²) in [6, 6.07) is 31.1. The summed E-state index contributed by atoms with van der Waals surface area (Å²) in [7, 11) is 0. The molecule has 0 spiro atoms. The molecule has 4 aromatic rings. The molecule has 0 bridgehead atoms. The van der Waals surface area contributed by atoms with Gasteiger partial charge in [-0.1, -0.05) is 72.8 Å². The standard InChI is InChI=1S/C25H20/c1-3-8-20-16-22(14-12-18(20)6-1)24-10-5-11-25(24)23-15-13-19-7-2-4-9-21(19)17-23/h1-4,6-9,12-17H,5,10-11H2. The van der Waals surface area contributed by atoms with Crippen molar-refractivity contribution in [3.05, 3.63) is 96.1 Å². The SMILES string of the molecule is c1ccc2cc(C3=C(c4ccc5ccccc5c4)CCC3)ccc2c1. The number of hydrogen-bond donors (Lipinski definition) is 0. The van der Waals surface area contributed by atoms with Gasteiger partial charge in [-0.2, -0.15) is 0 Å². The molecular weight excluding hydrogens is 300 g/mol. The van der Waals surface area contributed by atoms with Crippen LogP contribution < -0.4 is 0 Å². The molecule has 120 valence electrons. The minimum atomic E-state index is 1.18. The van der Waals surface area contributed by atoms with Crippen LogP contribution in [0.2, 0.25) is 0 Å². The summed E-state index contributed by atoms with van der Waals surface area (Å²) in [5.74, 6) is 0. The molecule has 0 atom stereocenters. The first-order chi connectivity index (χ1) is 12.4. The number of allylic oxidation sites excluding steroid dienone is 2. The summed E-state index contributed by atoms with van der Waals surface area (Å²) in [6.07, 6.45) is 3.62. The molecule has 1 aliphatic rings. The van der Waals surface area contributed by atoms with E-state index in [1.807, 2.05) is 0 Å². The van der Waals surface area contributed by atoms with Crippen LogP contribution >= 0.6 is 0 Å². The van der Waals surface area contributed by atoms with Gasteiger partial charge in [0.1, 0.15) is 0 Å². The second-order valence-electron chi connectivity index (χ2n) is 6.93. The van der Waals surface area contributed by atoms with E-state index in [-0.39, 0.29) is 0 Å². The lowest BCUT2D eigenvalue weighted by molar-refractivity contribution is 0.942. The van der Waals surface area contributed by atoms with Gasteiger partial charge < -0.3 is 0 Å². The summed E-state index contributed by atoms with van der Waals surface area (Å²) in [4.78, 5) is 0. The molecule has 0 fully saturated rings. The van der Waals surface area contributed by atoms with E-state index in [1.54, 1.807) is 0 Å². The molecule has 25 heavy (non-hydrogen) atoms. The van der Waals surface area contributed by atoms with E-state index in [1.165, 1.54) is 63.1 Å². The zero-order valence-corrected chi connectivity index (χ0v) is 14.2. The molecule has 0 N–H and O–H groups in total. The average Bonchev–Trinajstić information content (AvgIpc) is 3.17. The molecule has 0 saturated carbocycles. The Morgan fingerprint density at radius 3 is 1.36 bits per heavy atom. The van der Waals surface area contributed by atoms with E-state index < -0.39 is 0 Å². The Hall–Kier alpha value is -2.86. The first-order valence-electron chi connectivity index (χ1n) is 9.09. The molecule has 5 rings (SSSR count). The Balaban J connectivity index is 1.66. The summed E-state index contributed by atoms with van der Waals surface area (Å²) >= 11 is 0. The maximum absolute atomic E-state index is 2.36. The first-order valence-corrected chi connectivity index (χ1v) is 9.09. The minimum Gasteiger partial charge on any atom is -0.0616 e. The third kappa shape index (κ3) is 2.55. The fourth-order valence-electron chi connectivity index (χ4n) is 4.13. The van der Waals surface area contributed by atoms with E-state index >= 15 is 0 Å².